The monoisotopic (exact) mass is 317 g/mol. The third-order valence-corrected chi connectivity index (χ3v) is 5.26. The van der Waals surface area contributed by atoms with Crippen molar-refractivity contribution in [3.8, 4) is 0 Å². The van der Waals surface area contributed by atoms with Crippen LogP contribution in [0.25, 0.3) is 0 Å². The minimum Gasteiger partial charge on any atom is -0.389 e. The summed E-state index contributed by atoms with van der Waals surface area (Å²) >= 11 is 7.00. The number of anilines is 1. The number of hydrogen-bond acceptors (Lipinski definition) is 4. The summed E-state index contributed by atoms with van der Waals surface area (Å²) in [5.41, 5.74) is 9.23. The molecule has 3 N–H and O–H groups in total. The molecule has 0 bridgehead atoms. The van der Waals surface area contributed by atoms with Crippen LogP contribution in [-0.2, 0) is 12.8 Å². The first-order chi connectivity index (χ1) is 10.0. The van der Waals surface area contributed by atoms with E-state index in [-0.39, 0.29) is 6.04 Å². The highest BCUT2D eigenvalue weighted by atomic mass is 32.1. The van der Waals surface area contributed by atoms with Gasteiger partial charge in [0.2, 0.25) is 0 Å². The van der Waals surface area contributed by atoms with Crippen molar-refractivity contribution < 1.29 is 0 Å². The molecule has 0 saturated heterocycles. The Morgan fingerprint density at radius 3 is 2.90 bits per heavy atom. The van der Waals surface area contributed by atoms with E-state index in [1.54, 1.807) is 11.3 Å². The molecule has 3 rings (SSSR count). The molecule has 0 saturated carbocycles. The molecule has 0 aliphatic heterocycles. The smallest absolute Gasteiger partial charge is 0.137 e. The predicted molar refractivity (Wildman–Crippen MR) is 93.2 cm³/mol. The second kappa shape index (κ2) is 5.73. The van der Waals surface area contributed by atoms with E-state index in [4.69, 9.17) is 22.9 Å². The molecular weight excluding hydrogens is 298 g/mol. The fourth-order valence-electron chi connectivity index (χ4n) is 2.73. The normalized spacial score (nSPS) is 14.8. The first-order valence-corrected chi connectivity index (χ1v) is 8.42. The van der Waals surface area contributed by atoms with E-state index < -0.39 is 0 Å². The van der Waals surface area contributed by atoms with Crippen LogP contribution >= 0.6 is 23.6 Å². The fourth-order valence-corrected chi connectivity index (χ4v) is 3.77. The minimum absolute atomic E-state index is 0.198. The zero-order chi connectivity index (χ0) is 15.0. The highest BCUT2D eigenvalue weighted by molar-refractivity contribution is 7.80. The number of aryl methyl sites for hydroxylation is 3. The van der Waals surface area contributed by atoms with Crippen LogP contribution in [0.5, 0.6) is 0 Å². The van der Waals surface area contributed by atoms with Gasteiger partial charge in [0, 0.05) is 15.4 Å². The van der Waals surface area contributed by atoms with E-state index in [0.717, 1.165) is 24.2 Å². The van der Waals surface area contributed by atoms with Crippen LogP contribution in [0.3, 0.4) is 0 Å². The van der Waals surface area contributed by atoms with Gasteiger partial charge in [0.15, 0.2) is 0 Å². The molecule has 0 aromatic carbocycles. The molecule has 3 nitrogen and oxygen atoms in total. The first-order valence-electron chi connectivity index (χ1n) is 7.20. The summed E-state index contributed by atoms with van der Waals surface area (Å²) in [5, 5.41) is 3.48. The summed E-state index contributed by atoms with van der Waals surface area (Å²) in [5.74, 6) is 0.821. The van der Waals surface area contributed by atoms with Gasteiger partial charge in [0.25, 0.3) is 0 Å². The molecular formula is C16H19N3S2. The van der Waals surface area contributed by atoms with Crippen molar-refractivity contribution in [3.05, 3.63) is 44.8 Å². The molecule has 5 heteroatoms. The number of thiophene rings is 1. The lowest BCUT2D eigenvalue weighted by atomic mass is 10.1. The number of aromatic nitrogens is 1. The molecule has 2 heterocycles. The summed E-state index contributed by atoms with van der Waals surface area (Å²) in [6, 6.07) is 6.62. The van der Waals surface area contributed by atoms with Crippen molar-refractivity contribution in [1.82, 2.24) is 4.98 Å². The Labute approximate surface area is 134 Å². The van der Waals surface area contributed by atoms with Crippen LogP contribution in [0.1, 0.15) is 46.0 Å². The Morgan fingerprint density at radius 2 is 2.24 bits per heavy atom. The zero-order valence-electron chi connectivity index (χ0n) is 12.3. The summed E-state index contributed by atoms with van der Waals surface area (Å²) in [7, 11) is 0. The second-order valence-corrected chi connectivity index (χ2v) is 7.28. The largest absolute Gasteiger partial charge is 0.389 e. The maximum absolute atomic E-state index is 5.88. The van der Waals surface area contributed by atoms with E-state index in [9.17, 15) is 0 Å². The molecule has 1 atom stereocenters. The number of nitrogens with one attached hydrogen (secondary N) is 1. The average molecular weight is 317 g/mol. The molecule has 21 heavy (non-hydrogen) atoms. The number of nitrogens with two attached hydrogens (primary N) is 1. The van der Waals surface area contributed by atoms with Gasteiger partial charge in [-0.1, -0.05) is 12.2 Å². The zero-order valence-corrected chi connectivity index (χ0v) is 13.9. The van der Waals surface area contributed by atoms with Gasteiger partial charge in [-0.05, 0) is 56.9 Å². The highest BCUT2D eigenvalue weighted by Crippen LogP contribution is 2.29. The topological polar surface area (TPSA) is 50.9 Å². The lowest BCUT2D eigenvalue weighted by molar-refractivity contribution is 0.880. The average Bonchev–Trinajstić information content (AvgIpc) is 3.05. The van der Waals surface area contributed by atoms with E-state index in [2.05, 4.69) is 37.4 Å². The van der Waals surface area contributed by atoms with E-state index >= 15 is 0 Å². The van der Waals surface area contributed by atoms with Crippen molar-refractivity contribution in [2.45, 2.75) is 39.2 Å². The quantitative estimate of drug-likeness (QED) is 0.843. The number of nitrogens with zero attached hydrogens (tertiary/aromatic N) is 1. The Balaban J connectivity index is 1.92. The van der Waals surface area contributed by atoms with Gasteiger partial charge >= 0.3 is 0 Å². The highest BCUT2D eigenvalue weighted by Gasteiger charge is 2.19. The third-order valence-electron chi connectivity index (χ3n) is 3.86. The van der Waals surface area contributed by atoms with Crippen molar-refractivity contribution in [1.29, 1.82) is 0 Å². The molecule has 0 amide bonds. The Bertz CT molecular complexity index is 691. The summed E-state index contributed by atoms with van der Waals surface area (Å²) < 4.78 is 0. The number of hydrogen-bond donors (Lipinski definition) is 2. The lowest BCUT2D eigenvalue weighted by Crippen LogP contribution is -2.17. The molecule has 1 aliphatic carbocycles. The van der Waals surface area contributed by atoms with E-state index in [1.165, 1.54) is 27.4 Å². The van der Waals surface area contributed by atoms with Gasteiger partial charge in [-0.2, -0.15) is 0 Å². The van der Waals surface area contributed by atoms with Crippen molar-refractivity contribution in [3.63, 3.8) is 0 Å². The molecule has 2 aromatic heterocycles. The van der Waals surface area contributed by atoms with Crippen LogP contribution in [0, 0.1) is 6.92 Å². The molecule has 0 radical (unpaired) electrons. The molecule has 1 aliphatic rings. The summed E-state index contributed by atoms with van der Waals surface area (Å²) in [6.45, 7) is 4.26. The van der Waals surface area contributed by atoms with Gasteiger partial charge in [0.05, 0.1) is 11.6 Å². The number of fused-ring (bicyclic) bond motifs is 1. The first kappa shape index (κ1) is 14.5. The van der Waals surface area contributed by atoms with Gasteiger partial charge in [-0.25, -0.2) is 4.98 Å². The van der Waals surface area contributed by atoms with Crippen molar-refractivity contribution in [2.75, 3.05) is 5.32 Å². The Hall–Kier alpha value is -1.46. The van der Waals surface area contributed by atoms with Crippen LogP contribution in [0.4, 0.5) is 5.82 Å². The van der Waals surface area contributed by atoms with Crippen LogP contribution in [0.15, 0.2) is 18.2 Å². The van der Waals surface area contributed by atoms with Crippen molar-refractivity contribution in [2.24, 2.45) is 5.73 Å². The van der Waals surface area contributed by atoms with Crippen LogP contribution in [-0.4, -0.2) is 9.97 Å². The van der Waals surface area contributed by atoms with Crippen LogP contribution in [0.2, 0.25) is 0 Å². The second-order valence-electron chi connectivity index (χ2n) is 5.52. The number of rotatable bonds is 4. The minimum atomic E-state index is 0.198. The van der Waals surface area contributed by atoms with Gasteiger partial charge < -0.3 is 11.1 Å². The molecule has 0 fully saturated rings. The van der Waals surface area contributed by atoms with Gasteiger partial charge in [-0.15, -0.1) is 11.3 Å². The van der Waals surface area contributed by atoms with Gasteiger partial charge in [0.1, 0.15) is 10.8 Å². The van der Waals surface area contributed by atoms with Crippen LogP contribution < -0.4 is 11.1 Å². The van der Waals surface area contributed by atoms with E-state index in [1.807, 2.05) is 0 Å². The summed E-state index contributed by atoms with van der Waals surface area (Å²) in [6.07, 6.45) is 3.30. The molecule has 110 valence electrons. The number of pyridine rings is 1. The van der Waals surface area contributed by atoms with E-state index in [0.29, 0.717) is 4.99 Å². The Morgan fingerprint density at radius 1 is 1.43 bits per heavy atom. The molecule has 0 spiro atoms. The molecule has 2 aromatic rings. The summed E-state index contributed by atoms with van der Waals surface area (Å²) in [4.78, 5) is 7.79. The standard InChI is InChI=1S/C16H19N3S2/c1-9-6-7-14(21-9)10(2)18-16-12(15(17)20)8-11-4-3-5-13(11)19-16/h6-8,10H,3-5H2,1-2H3,(H2,17,20)(H,18,19). The molecule has 1 unspecified atom stereocenters. The van der Waals surface area contributed by atoms with Crippen molar-refractivity contribution >= 4 is 34.4 Å². The fraction of sp³-hybridized carbons (Fsp3) is 0.375. The maximum Gasteiger partial charge on any atom is 0.137 e. The number of thiocarbonyl (C=S) groups is 1. The SMILES string of the molecule is Cc1ccc(C(C)Nc2nc3c(cc2C(N)=S)CCC3)s1. The predicted octanol–water partition coefficient (Wildman–Crippen LogP) is 3.75. The van der Waals surface area contributed by atoms with Gasteiger partial charge in [-0.3, -0.25) is 0 Å². The third kappa shape index (κ3) is 2.94. The lowest BCUT2D eigenvalue weighted by Gasteiger charge is -2.17. The maximum atomic E-state index is 5.88. The Kier molecular flexibility index (Phi) is 3.95.